The van der Waals surface area contributed by atoms with E-state index < -0.39 is 0 Å². The molecule has 1 aliphatic heterocycles. The molecule has 41 heavy (non-hydrogen) atoms. The summed E-state index contributed by atoms with van der Waals surface area (Å²) in [4.78, 5) is 20.1. The molecule has 2 N–H and O–H groups in total. The van der Waals surface area contributed by atoms with E-state index in [1.165, 1.54) is 11.1 Å². The zero-order valence-corrected chi connectivity index (χ0v) is 24.3. The number of hydrogen-bond acceptors (Lipinski definition) is 3. The number of thiocarbonyl (C=S) groups is 1. The van der Waals surface area contributed by atoms with Crippen LogP contribution in [0.15, 0.2) is 97.2 Å². The quantitative estimate of drug-likeness (QED) is 0.211. The minimum atomic E-state index is -0.142. The van der Waals surface area contributed by atoms with Crippen molar-refractivity contribution in [3.8, 4) is 5.69 Å². The molecule has 0 bridgehead atoms. The van der Waals surface area contributed by atoms with Crippen molar-refractivity contribution in [1.82, 2.24) is 19.8 Å². The third-order valence-electron chi connectivity index (χ3n) is 7.92. The van der Waals surface area contributed by atoms with E-state index in [0.29, 0.717) is 18.1 Å². The second-order valence-electron chi connectivity index (χ2n) is 10.6. The number of pyridine rings is 1. The van der Waals surface area contributed by atoms with E-state index in [-0.39, 0.29) is 18.0 Å². The smallest absolute Gasteiger partial charge is 0.226 e. The largest absolute Gasteiger partial charge is 0.352 e. The minimum Gasteiger partial charge on any atom is -0.352 e. The van der Waals surface area contributed by atoms with Crippen molar-refractivity contribution in [2.24, 2.45) is 0 Å². The first-order chi connectivity index (χ1) is 19.9. The van der Waals surface area contributed by atoms with E-state index >= 15 is 0 Å². The molecule has 5 aromatic rings. The average Bonchev–Trinajstić information content (AvgIpc) is 3.47. The van der Waals surface area contributed by atoms with Crippen molar-refractivity contribution < 1.29 is 4.79 Å². The Morgan fingerprint density at radius 3 is 2.49 bits per heavy atom. The van der Waals surface area contributed by atoms with E-state index in [2.05, 4.69) is 88.3 Å². The van der Waals surface area contributed by atoms with Gasteiger partial charge in [-0.1, -0.05) is 60.2 Å². The first kappa shape index (κ1) is 26.7. The van der Waals surface area contributed by atoms with Crippen LogP contribution in [0, 0.1) is 20.8 Å². The Hall–Kier alpha value is -4.49. The van der Waals surface area contributed by atoms with Crippen LogP contribution in [0.1, 0.15) is 46.7 Å². The van der Waals surface area contributed by atoms with Crippen LogP contribution in [0.2, 0.25) is 0 Å². The molecule has 0 unspecified atom stereocenters. The fraction of sp³-hybridized carbons (Fsp3) is 0.206. The molecule has 2 atom stereocenters. The summed E-state index contributed by atoms with van der Waals surface area (Å²) in [5.74, 6) is -0.0469. The summed E-state index contributed by atoms with van der Waals surface area (Å²) in [6, 6.07) is 30.6. The van der Waals surface area contributed by atoms with Crippen LogP contribution in [-0.2, 0) is 4.79 Å². The number of anilines is 1. The van der Waals surface area contributed by atoms with Gasteiger partial charge < -0.3 is 20.1 Å². The molecule has 1 fully saturated rings. The van der Waals surface area contributed by atoms with Gasteiger partial charge in [-0.05, 0) is 80.3 Å². The number of aryl methyl sites for hydroxylation is 2. The van der Waals surface area contributed by atoms with Gasteiger partial charge in [0.25, 0.3) is 0 Å². The van der Waals surface area contributed by atoms with Gasteiger partial charge in [0, 0.05) is 47.3 Å². The number of amides is 1. The van der Waals surface area contributed by atoms with Crippen LogP contribution in [-0.4, -0.2) is 32.0 Å². The summed E-state index contributed by atoms with van der Waals surface area (Å²) in [5.41, 5.74) is 7.55. The van der Waals surface area contributed by atoms with E-state index in [4.69, 9.17) is 12.2 Å². The van der Waals surface area contributed by atoms with Gasteiger partial charge in [-0.15, -0.1) is 0 Å². The van der Waals surface area contributed by atoms with E-state index in [9.17, 15) is 4.79 Å². The van der Waals surface area contributed by atoms with Crippen LogP contribution >= 0.6 is 12.2 Å². The number of benzene rings is 3. The lowest BCUT2D eigenvalue weighted by atomic mass is 9.96. The fourth-order valence-electron chi connectivity index (χ4n) is 5.93. The SMILES string of the molecule is Cc1ccc(-n2c(C)cc([C@H]3[C@@H](c4ccccn4)NC(=S)N3CCC(=O)Nc3cccc4ccccc34)c2C)cc1. The van der Waals surface area contributed by atoms with Gasteiger partial charge in [0.2, 0.25) is 5.91 Å². The molecular formula is C34H33N5OS. The maximum Gasteiger partial charge on any atom is 0.226 e. The van der Waals surface area contributed by atoms with Gasteiger partial charge >= 0.3 is 0 Å². The summed E-state index contributed by atoms with van der Waals surface area (Å²) in [6.45, 7) is 6.87. The second-order valence-corrected chi connectivity index (χ2v) is 11.0. The summed E-state index contributed by atoms with van der Waals surface area (Å²) in [5, 5.41) is 9.40. The second kappa shape index (κ2) is 11.2. The summed E-state index contributed by atoms with van der Waals surface area (Å²) in [7, 11) is 0. The zero-order valence-electron chi connectivity index (χ0n) is 23.5. The molecule has 6 nitrogen and oxygen atoms in total. The maximum atomic E-state index is 13.2. The summed E-state index contributed by atoms with van der Waals surface area (Å²) < 4.78 is 2.29. The number of rotatable bonds is 7. The van der Waals surface area contributed by atoms with Crippen LogP contribution in [0.25, 0.3) is 16.5 Å². The Morgan fingerprint density at radius 2 is 1.71 bits per heavy atom. The van der Waals surface area contributed by atoms with E-state index in [0.717, 1.165) is 39.2 Å². The molecule has 1 amide bonds. The molecular weight excluding hydrogens is 526 g/mol. The molecule has 206 valence electrons. The highest BCUT2D eigenvalue weighted by Crippen LogP contribution is 2.41. The van der Waals surface area contributed by atoms with Gasteiger partial charge in [0.05, 0.1) is 17.8 Å². The van der Waals surface area contributed by atoms with Crippen LogP contribution in [0.3, 0.4) is 0 Å². The highest BCUT2D eigenvalue weighted by Gasteiger charge is 2.41. The predicted octanol–water partition coefficient (Wildman–Crippen LogP) is 6.95. The normalized spacial score (nSPS) is 16.7. The standard InChI is InChI=1S/C34H33N5OS/c1-22-14-16-26(17-15-22)39-23(2)21-28(24(39)3)33-32(30-12-6-7-19-35-30)37-34(41)38(33)20-18-31(40)36-29-13-8-10-25-9-4-5-11-27(25)29/h4-17,19,21,32-33H,18,20H2,1-3H3,(H,36,40)(H,37,41)/t32-,33+/m1/s1. The molecule has 6 rings (SSSR count). The van der Waals surface area contributed by atoms with Gasteiger partial charge in [-0.25, -0.2) is 0 Å². The number of fused-ring (bicyclic) bond motifs is 1. The summed E-state index contributed by atoms with van der Waals surface area (Å²) in [6.07, 6.45) is 2.11. The summed E-state index contributed by atoms with van der Waals surface area (Å²) >= 11 is 5.88. The number of nitrogens with zero attached hydrogens (tertiary/aromatic N) is 3. The predicted molar refractivity (Wildman–Crippen MR) is 169 cm³/mol. The van der Waals surface area contributed by atoms with Crippen LogP contribution < -0.4 is 10.6 Å². The van der Waals surface area contributed by atoms with Gasteiger partial charge in [-0.3, -0.25) is 9.78 Å². The number of carbonyl (C=O) groups is 1. The van der Waals surface area contributed by atoms with Gasteiger partial charge in [-0.2, -0.15) is 0 Å². The Labute approximate surface area is 246 Å². The fourth-order valence-corrected chi connectivity index (χ4v) is 6.26. The minimum absolute atomic E-state index is 0.0469. The highest BCUT2D eigenvalue weighted by molar-refractivity contribution is 7.80. The van der Waals surface area contributed by atoms with Crippen molar-refractivity contribution in [2.45, 2.75) is 39.3 Å². The molecule has 0 aliphatic carbocycles. The molecule has 2 aromatic heterocycles. The molecule has 0 spiro atoms. The van der Waals surface area contributed by atoms with E-state index in [1.54, 1.807) is 0 Å². The molecule has 0 radical (unpaired) electrons. The molecule has 0 saturated carbocycles. The van der Waals surface area contributed by atoms with Crippen LogP contribution in [0.4, 0.5) is 5.69 Å². The zero-order chi connectivity index (χ0) is 28.5. The lowest BCUT2D eigenvalue weighted by Gasteiger charge is -2.28. The van der Waals surface area contributed by atoms with Crippen LogP contribution in [0.5, 0.6) is 0 Å². The topological polar surface area (TPSA) is 62.2 Å². The third kappa shape index (κ3) is 5.21. The Bertz CT molecular complexity index is 1720. The average molecular weight is 560 g/mol. The lowest BCUT2D eigenvalue weighted by molar-refractivity contribution is -0.116. The first-order valence-corrected chi connectivity index (χ1v) is 14.3. The number of hydrogen-bond donors (Lipinski definition) is 2. The lowest BCUT2D eigenvalue weighted by Crippen LogP contribution is -2.33. The maximum absolute atomic E-state index is 13.2. The molecule has 3 heterocycles. The van der Waals surface area contributed by atoms with Crippen molar-refractivity contribution in [3.63, 3.8) is 0 Å². The molecule has 1 saturated heterocycles. The number of aromatic nitrogens is 2. The van der Waals surface area contributed by atoms with Crippen molar-refractivity contribution in [3.05, 3.63) is 125 Å². The molecule has 3 aromatic carbocycles. The molecule has 7 heteroatoms. The molecule has 1 aliphatic rings. The Morgan fingerprint density at radius 1 is 0.951 bits per heavy atom. The van der Waals surface area contributed by atoms with E-state index in [1.807, 2.05) is 54.7 Å². The monoisotopic (exact) mass is 559 g/mol. The van der Waals surface area contributed by atoms with Crippen molar-refractivity contribution >= 4 is 39.7 Å². The van der Waals surface area contributed by atoms with Gasteiger partial charge in [0.15, 0.2) is 5.11 Å². The third-order valence-corrected chi connectivity index (χ3v) is 8.27. The number of carbonyl (C=O) groups excluding carboxylic acids is 1. The Balaban J connectivity index is 1.31. The highest BCUT2D eigenvalue weighted by atomic mass is 32.1. The number of nitrogens with one attached hydrogen (secondary N) is 2. The van der Waals surface area contributed by atoms with Crippen molar-refractivity contribution in [1.29, 1.82) is 0 Å². The first-order valence-electron chi connectivity index (χ1n) is 13.9. The van der Waals surface area contributed by atoms with Crippen molar-refractivity contribution in [2.75, 3.05) is 11.9 Å². The Kier molecular flexibility index (Phi) is 7.28. The van der Waals surface area contributed by atoms with Gasteiger partial charge in [0.1, 0.15) is 0 Å².